The number of ketones is 1. The summed E-state index contributed by atoms with van der Waals surface area (Å²) in [6.07, 6.45) is 2.94. The number of Topliss-reactive ketones (excluding diaryl/α,β-unsaturated/α-hetero) is 1. The lowest BCUT2D eigenvalue weighted by Gasteiger charge is -2.22. The van der Waals surface area contributed by atoms with Crippen molar-refractivity contribution in [2.45, 2.75) is 77.9 Å². The zero-order valence-electron chi connectivity index (χ0n) is 28.3. The van der Waals surface area contributed by atoms with E-state index in [1.54, 1.807) is 24.3 Å². The first-order chi connectivity index (χ1) is 23.5. The van der Waals surface area contributed by atoms with Crippen LogP contribution in [0.4, 0.5) is 10.5 Å². The van der Waals surface area contributed by atoms with Crippen LogP contribution in [0.25, 0.3) is 11.1 Å². The Morgan fingerprint density at radius 3 is 1.98 bits per heavy atom. The number of hydrogen-bond donors (Lipinski definition) is 3. The maximum absolute atomic E-state index is 13.9. The number of benzene rings is 4. The molecule has 0 saturated heterocycles. The molecule has 0 bridgehead atoms. The van der Waals surface area contributed by atoms with Crippen LogP contribution >= 0.6 is 0 Å². The minimum Gasteiger partial charge on any atom is -0.449 e. The van der Waals surface area contributed by atoms with Crippen LogP contribution in [0.5, 0.6) is 0 Å². The number of alkyl carbamates (subject to hydrolysis) is 1. The summed E-state index contributed by atoms with van der Waals surface area (Å²) in [7, 11) is 0. The van der Waals surface area contributed by atoms with Gasteiger partial charge < -0.3 is 20.5 Å². The van der Waals surface area contributed by atoms with E-state index in [0.717, 1.165) is 52.6 Å². The Morgan fingerprint density at radius 1 is 0.771 bits per heavy atom. The van der Waals surface area contributed by atoms with Crippen molar-refractivity contribution in [3.05, 3.63) is 125 Å². The van der Waals surface area contributed by atoms with Crippen molar-refractivity contribution in [1.29, 1.82) is 0 Å². The molecule has 252 valence electrons. The second-order valence-electron chi connectivity index (χ2n) is 11.9. The van der Waals surface area contributed by atoms with E-state index in [4.69, 9.17) is 4.74 Å². The van der Waals surface area contributed by atoms with Gasteiger partial charge >= 0.3 is 6.09 Å². The third kappa shape index (κ3) is 9.64. The SMILES string of the molecule is CC.CCCCC[C@H](CC(=O)[C@H](Cc1ccccc1)NC(=O)OCC1c2ccccc2-c2ccccc21)C(=O)Nc1ccc(CO)cc1. The molecule has 0 fully saturated rings. The number of carbonyl (C=O) groups excluding carboxylic acids is 3. The van der Waals surface area contributed by atoms with Crippen LogP contribution in [-0.2, 0) is 27.4 Å². The lowest BCUT2D eigenvalue weighted by molar-refractivity contribution is -0.127. The Balaban J connectivity index is 0.00000255. The fourth-order valence-electron chi connectivity index (χ4n) is 6.17. The topological polar surface area (TPSA) is 105 Å². The van der Waals surface area contributed by atoms with Gasteiger partial charge in [0.05, 0.1) is 12.6 Å². The van der Waals surface area contributed by atoms with Gasteiger partial charge in [-0.15, -0.1) is 0 Å². The zero-order valence-corrected chi connectivity index (χ0v) is 28.3. The van der Waals surface area contributed by atoms with E-state index in [1.807, 2.05) is 68.4 Å². The average molecular weight is 649 g/mol. The van der Waals surface area contributed by atoms with E-state index in [0.29, 0.717) is 12.1 Å². The van der Waals surface area contributed by atoms with Gasteiger partial charge in [-0.25, -0.2) is 4.79 Å². The van der Waals surface area contributed by atoms with Crippen molar-refractivity contribution in [3.63, 3.8) is 0 Å². The van der Waals surface area contributed by atoms with Crippen LogP contribution in [0.2, 0.25) is 0 Å². The number of aliphatic hydroxyl groups is 1. The van der Waals surface area contributed by atoms with Crippen LogP contribution in [0.1, 0.15) is 81.0 Å². The van der Waals surface area contributed by atoms with E-state index >= 15 is 0 Å². The van der Waals surface area contributed by atoms with Crippen LogP contribution in [0.3, 0.4) is 0 Å². The highest BCUT2D eigenvalue weighted by molar-refractivity contribution is 5.97. The Morgan fingerprint density at radius 2 is 1.38 bits per heavy atom. The number of ether oxygens (including phenoxy) is 1. The molecule has 0 saturated carbocycles. The predicted molar refractivity (Wildman–Crippen MR) is 192 cm³/mol. The Kier molecular flexibility index (Phi) is 13.9. The summed E-state index contributed by atoms with van der Waals surface area (Å²) in [4.78, 5) is 40.6. The molecule has 0 spiro atoms. The van der Waals surface area contributed by atoms with Gasteiger partial charge in [0.25, 0.3) is 0 Å². The Bertz CT molecular complexity index is 1570. The molecule has 48 heavy (non-hydrogen) atoms. The van der Waals surface area contributed by atoms with Crippen molar-refractivity contribution in [1.82, 2.24) is 5.32 Å². The van der Waals surface area contributed by atoms with Gasteiger partial charge in [0.1, 0.15) is 6.61 Å². The fraction of sp³-hybridized carbons (Fsp3) is 0.341. The molecule has 7 nitrogen and oxygen atoms in total. The maximum Gasteiger partial charge on any atom is 0.407 e. The number of fused-ring (bicyclic) bond motifs is 3. The molecule has 0 heterocycles. The number of anilines is 1. The molecular weight excluding hydrogens is 600 g/mol. The van der Waals surface area contributed by atoms with Crippen LogP contribution in [0, 0.1) is 5.92 Å². The number of unbranched alkanes of at least 4 members (excludes halogenated alkanes) is 2. The van der Waals surface area contributed by atoms with Gasteiger partial charge in [-0.3, -0.25) is 9.59 Å². The molecule has 0 aliphatic heterocycles. The molecule has 5 rings (SSSR count). The fourth-order valence-corrected chi connectivity index (χ4v) is 6.17. The first kappa shape index (κ1) is 36.1. The van der Waals surface area contributed by atoms with Crippen molar-refractivity contribution in [3.8, 4) is 11.1 Å². The largest absolute Gasteiger partial charge is 0.449 e. The van der Waals surface area contributed by atoms with E-state index < -0.39 is 18.1 Å². The second-order valence-corrected chi connectivity index (χ2v) is 11.9. The number of nitrogens with one attached hydrogen (secondary N) is 2. The maximum atomic E-state index is 13.9. The molecule has 7 heteroatoms. The summed E-state index contributed by atoms with van der Waals surface area (Å²) < 4.78 is 5.79. The van der Waals surface area contributed by atoms with Crippen molar-refractivity contribution in [2.75, 3.05) is 11.9 Å². The predicted octanol–water partition coefficient (Wildman–Crippen LogP) is 8.45. The lowest BCUT2D eigenvalue weighted by Crippen LogP contribution is -2.44. The van der Waals surface area contributed by atoms with Crippen molar-refractivity contribution < 1.29 is 24.2 Å². The summed E-state index contributed by atoms with van der Waals surface area (Å²) in [6, 6.07) is 31.9. The lowest BCUT2D eigenvalue weighted by atomic mass is 9.90. The van der Waals surface area contributed by atoms with Gasteiger partial charge in [0.15, 0.2) is 5.78 Å². The number of carbonyl (C=O) groups is 3. The summed E-state index contributed by atoms with van der Waals surface area (Å²) >= 11 is 0. The highest BCUT2D eigenvalue weighted by Gasteiger charge is 2.31. The van der Waals surface area contributed by atoms with E-state index in [1.165, 1.54) is 0 Å². The molecular formula is C41H48N2O5. The smallest absolute Gasteiger partial charge is 0.407 e. The highest BCUT2D eigenvalue weighted by atomic mass is 16.5. The minimum absolute atomic E-state index is 0.00850. The molecule has 1 aliphatic rings. The normalized spacial score (nSPS) is 12.8. The van der Waals surface area contributed by atoms with Crippen molar-refractivity contribution >= 4 is 23.5 Å². The quantitative estimate of drug-likeness (QED) is 0.112. The summed E-state index contributed by atoms with van der Waals surface area (Å²) in [5.41, 5.74) is 6.75. The molecule has 2 amide bonds. The molecule has 3 N–H and O–H groups in total. The van der Waals surface area contributed by atoms with Gasteiger partial charge in [-0.2, -0.15) is 0 Å². The van der Waals surface area contributed by atoms with Gasteiger partial charge in [0, 0.05) is 23.9 Å². The van der Waals surface area contributed by atoms with Gasteiger partial charge in [-0.05, 0) is 58.4 Å². The Labute approximate surface area is 284 Å². The van der Waals surface area contributed by atoms with E-state index in [9.17, 15) is 19.5 Å². The van der Waals surface area contributed by atoms with Crippen LogP contribution in [0.15, 0.2) is 103 Å². The summed E-state index contributed by atoms with van der Waals surface area (Å²) in [5, 5.41) is 15.1. The monoisotopic (exact) mass is 648 g/mol. The number of hydrogen-bond acceptors (Lipinski definition) is 5. The van der Waals surface area contributed by atoms with Crippen LogP contribution < -0.4 is 10.6 Å². The molecule has 1 aliphatic carbocycles. The molecule has 0 aromatic heterocycles. The van der Waals surface area contributed by atoms with Gasteiger partial charge in [-0.1, -0.05) is 131 Å². The summed E-state index contributed by atoms with van der Waals surface area (Å²) in [6.45, 7) is 6.15. The first-order valence-electron chi connectivity index (χ1n) is 17.2. The van der Waals surface area contributed by atoms with E-state index in [-0.39, 0.29) is 43.7 Å². The number of rotatable bonds is 15. The Hall–Kier alpha value is -4.75. The number of aliphatic hydroxyl groups excluding tert-OH is 1. The zero-order chi connectivity index (χ0) is 34.3. The van der Waals surface area contributed by atoms with Gasteiger partial charge in [0.2, 0.25) is 5.91 Å². The minimum atomic E-state index is -0.858. The molecule has 2 atom stereocenters. The molecule has 0 radical (unpaired) electrons. The van der Waals surface area contributed by atoms with E-state index in [2.05, 4.69) is 41.8 Å². The average Bonchev–Trinajstić information content (AvgIpc) is 3.45. The second kappa shape index (κ2) is 18.6. The summed E-state index contributed by atoms with van der Waals surface area (Å²) in [5.74, 6) is -1.11. The third-order valence-electron chi connectivity index (χ3n) is 8.69. The number of amides is 2. The molecule has 0 unspecified atom stereocenters. The standard InChI is InChI=1S/C39H42N2O5.C2H6/c1-2-3-5-14-29(38(44)40-30-21-19-28(25-42)20-22-30)24-37(43)36(23-27-12-6-4-7-13-27)41-39(45)46-26-35-33-17-10-8-15-31(33)32-16-9-11-18-34(32)35;1-2/h4,6-13,15-22,29,35-36,42H,2-3,5,14,23-26H2,1H3,(H,40,44)(H,41,45);1-2H3/t29-,36+;/m1./s1. The van der Waals surface area contributed by atoms with Crippen LogP contribution in [-0.4, -0.2) is 35.5 Å². The first-order valence-corrected chi connectivity index (χ1v) is 17.2. The highest BCUT2D eigenvalue weighted by Crippen LogP contribution is 2.44. The molecule has 4 aromatic carbocycles. The third-order valence-corrected chi connectivity index (χ3v) is 8.69. The molecule has 4 aromatic rings. The van der Waals surface area contributed by atoms with Crippen molar-refractivity contribution in [2.24, 2.45) is 5.92 Å².